The van der Waals surface area contributed by atoms with Crippen LogP contribution in [0.5, 0.6) is 0 Å². The lowest BCUT2D eigenvalue weighted by atomic mass is 10.1. The number of hydrogen-bond donors (Lipinski definition) is 1. The standard InChI is InChI=1S/C18H15F3IN3O3/c19-18(20,21)13-10-12(22)4-5-14(13)23-17(26)11-3-6-15(16(9-11)25(27)28)24-7-1-2-8-24/h3-6,9-10H,1-2,7-8H2,(H,23,26). The van der Waals surface area contributed by atoms with Crippen molar-refractivity contribution in [3.63, 3.8) is 0 Å². The molecule has 0 unspecified atom stereocenters. The number of alkyl halides is 3. The molecular formula is C18H15F3IN3O3. The van der Waals surface area contributed by atoms with Crippen molar-refractivity contribution >= 4 is 45.6 Å². The van der Waals surface area contributed by atoms with E-state index in [0.29, 0.717) is 22.3 Å². The van der Waals surface area contributed by atoms with Crippen molar-refractivity contribution in [2.45, 2.75) is 19.0 Å². The molecule has 0 saturated carbocycles. The van der Waals surface area contributed by atoms with E-state index in [2.05, 4.69) is 5.32 Å². The largest absolute Gasteiger partial charge is 0.418 e. The van der Waals surface area contributed by atoms with Gasteiger partial charge >= 0.3 is 6.18 Å². The molecule has 1 heterocycles. The van der Waals surface area contributed by atoms with Crippen LogP contribution in [-0.4, -0.2) is 23.9 Å². The number of hydrogen-bond acceptors (Lipinski definition) is 4. The van der Waals surface area contributed by atoms with Crippen molar-refractivity contribution in [2.75, 3.05) is 23.3 Å². The van der Waals surface area contributed by atoms with Gasteiger partial charge in [0, 0.05) is 28.3 Å². The summed E-state index contributed by atoms with van der Waals surface area (Å²) in [6.45, 7) is 1.37. The fourth-order valence-corrected chi connectivity index (χ4v) is 3.58. The fraction of sp³-hybridized carbons (Fsp3) is 0.278. The van der Waals surface area contributed by atoms with Gasteiger partial charge in [-0.15, -0.1) is 0 Å². The van der Waals surface area contributed by atoms with E-state index in [1.807, 2.05) is 4.90 Å². The smallest absolute Gasteiger partial charge is 0.366 e. The summed E-state index contributed by atoms with van der Waals surface area (Å²) in [6.07, 6.45) is -2.80. The SMILES string of the molecule is O=C(Nc1ccc(I)cc1C(F)(F)F)c1ccc(N2CCCC2)c([N+](=O)[O-])c1. The molecule has 148 valence electrons. The van der Waals surface area contributed by atoms with Gasteiger partial charge in [0.15, 0.2) is 0 Å². The Labute approximate surface area is 172 Å². The molecule has 10 heteroatoms. The maximum absolute atomic E-state index is 13.2. The monoisotopic (exact) mass is 505 g/mol. The lowest BCUT2D eigenvalue weighted by molar-refractivity contribution is -0.384. The van der Waals surface area contributed by atoms with Crippen LogP contribution in [0.25, 0.3) is 0 Å². The third-order valence-corrected chi connectivity index (χ3v) is 5.09. The minimum absolute atomic E-state index is 0.0821. The molecule has 0 aromatic heterocycles. The van der Waals surface area contributed by atoms with E-state index in [4.69, 9.17) is 0 Å². The van der Waals surface area contributed by atoms with Crippen molar-refractivity contribution in [1.82, 2.24) is 0 Å². The number of rotatable bonds is 4. The average molecular weight is 505 g/mol. The van der Waals surface area contributed by atoms with Crippen LogP contribution in [0.15, 0.2) is 36.4 Å². The molecule has 2 aromatic carbocycles. The topological polar surface area (TPSA) is 75.5 Å². The highest BCUT2D eigenvalue weighted by molar-refractivity contribution is 14.1. The Hall–Kier alpha value is -2.37. The predicted octanol–water partition coefficient (Wildman–Crippen LogP) is 5.07. The molecule has 2 aromatic rings. The molecule has 28 heavy (non-hydrogen) atoms. The molecule has 0 radical (unpaired) electrons. The highest BCUT2D eigenvalue weighted by Crippen LogP contribution is 2.36. The van der Waals surface area contributed by atoms with Gasteiger partial charge in [0.1, 0.15) is 5.69 Å². The molecule has 1 N–H and O–H groups in total. The maximum atomic E-state index is 13.2. The summed E-state index contributed by atoms with van der Waals surface area (Å²) in [5.41, 5.74) is -1.29. The first-order chi connectivity index (χ1) is 13.2. The molecule has 0 atom stereocenters. The van der Waals surface area contributed by atoms with Crippen LogP contribution < -0.4 is 10.2 Å². The molecule has 1 amide bonds. The second kappa shape index (κ2) is 7.94. The Morgan fingerprint density at radius 1 is 1.14 bits per heavy atom. The summed E-state index contributed by atoms with van der Waals surface area (Å²) in [5.74, 6) is -0.845. The zero-order valence-corrected chi connectivity index (χ0v) is 16.6. The van der Waals surface area contributed by atoms with E-state index < -0.39 is 28.3 Å². The second-order valence-corrected chi connectivity index (χ2v) is 7.54. The lowest BCUT2D eigenvalue weighted by Crippen LogP contribution is -2.20. The molecule has 0 bridgehead atoms. The van der Waals surface area contributed by atoms with Crippen molar-refractivity contribution < 1.29 is 22.9 Å². The summed E-state index contributed by atoms with van der Waals surface area (Å²) < 4.78 is 40.1. The van der Waals surface area contributed by atoms with Gasteiger partial charge in [-0.05, 0) is 65.8 Å². The van der Waals surface area contributed by atoms with Crippen LogP contribution in [0.1, 0.15) is 28.8 Å². The summed E-state index contributed by atoms with van der Waals surface area (Å²) >= 11 is 1.75. The van der Waals surface area contributed by atoms with Crippen molar-refractivity contribution in [2.24, 2.45) is 0 Å². The molecule has 1 aliphatic rings. The molecular weight excluding hydrogens is 490 g/mol. The Balaban J connectivity index is 1.91. The minimum Gasteiger partial charge on any atom is -0.366 e. The number of benzene rings is 2. The maximum Gasteiger partial charge on any atom is 0.418 e. The number of carbonyl (C=O) groups excluding carboxylic acids is 1. The normalized spacial score (nSPS) is 14.2. The zero-order chi connectivity index (χ0) is 20.5. The van der Waals surface area contributed by atoms with Crippen LogP contribution in [-0.2, 0) is 6.18 Å². The van der Waals surface area contributed by atoms with Gasteiger partial charge in [-0.25, -0.2) is 0 Å². The van der Waals surface area contributed by atoms with Gasteiger partial charge in [-0.1, -0.05) is 0 Å². The number of nitrogens with one attached hydrogen (secondary N) is 1. The van der Waals surface area contributed by atoms with Crippen LogP contribution in [0.3, 0.4) is 0 Å². The summed E-state index contributed by atoms with van der Waals surface area (Å²) in [6, 6.07) is 7.48. The van der Waals surface area contributed by atoms with Gasteiger partial charge in [0.05, 0.1) is 16.2 Å². The number of nitro groups is 1. The second-order valence-electron chi connectivity index (χ2n) is 6.30. The van der Waals surface area contributed by atoms with Gasteiger partial charge in [-0.3, -0.25) is 14.9 Å². The number of halogens is 4. The highest BCUT2D eigenvalue weighted by Gasteiger charge is 2.34. The fourth-order valence-electron chi connectivity index (χ4n) is 3.09. The first kappa shape index (κ1) is 20.4. The number of amides is 1. The number of nitro benzene ring substituents is 1. The minimum atomic E-state index is -4.64. The first-order valence-corrected chi connectivity index (χ1v) is 9.46. The molecule has 1 aliphatic heterocycles. The van der Waals surface area contributed by atoms with Gasteiger partial charge < -0.3 is 10.2 Å². The van der Waals surface area contributed by atoms with E-state index in [9.17, 15) is 28.1 Å². The highest BCUT2D eigenvalue weighted by atomic mass is 127. The van der Waals surface area contributed by atoms with E-state index >= 15 is 0 Å². The average Bonchev–Trinajstić information content (AvgIpc) is 3.16. The number of carbonyl (C=O) groups is 1. The molecule has 3 rings (SSSR count). The summed E-state index contributed by atoms with van der Waals surface area (Å²) in [4.78, 5) is 25.2. The van der Waals surface area contributed by atoms with Crippen LogP contribution in [0.2, 0.25) is 0 Å². The van der Waals surface area contributed by atoms with Crippen LogP contribution >= 0.6 is 22.6 Å². The zero-order valence-electron chi connectivity index (χ0n) is 14.4. The predicted molar refractivity (Wildman–Crippen MR) is 107 cm³/mol. The van der Waals surface area contributed by atoms with Crippen LogP contribution in [0.4, 0.5) is 30.2 Å². The van der Waals surface area contributed by atoms with Gasteiger partial charge in [-0.2, -0.15) is 13.2 Å². The molecule has 1 fully saturated rings. The van der Waals surface area contributed by atoms with E-state index in [-0.39, 0.29) is 11.3 Å². The third kappa shape index (κ3) is 4.37. The van der Waals surface area contributed by atoms with Crippen molar-refractivity contribution in [3.05, 3.63) is 61.2 Å². The molecule has 0 aliphatic carbocycles. The third-order valence-electron chi connectivity index (χ3n) is 4.42. The quantitative estimate of drug-likeness (QED) is 0.358. The molecule has 6 nitrogen and oxygen atoms in total. The lowest BCUT2D eigenvalue weighted by Gasteiger charge is -2.18. The molecule has 0 spiro atoms. The number of anilines is 2. The Morgan fingerprint density at radius 2 is 1.82 bits per heavy atom. The van der Waals surface area contributed by atoms with E-state index in [1.165, 1.54) is 18.2 Å². The Kier molecular flexibility index (Phi) is 5.77. The van der Waals surface area contributed by atoms with Crippen LogP contribution in [0, 0.1) is 13.7 Å². The molecule has 1 saturated heterocycles. The van der Waals surface area contributed by atoms with Gasteiger partial charge in [0.2, 0.25) is 0 Å². The Morgan fingerprint density at radius 3 is 2.43 bits per heavy atom. The van der Waals surface area contributed by atoms with Crippen molar-refractivity contribution in [3.8, 4) is 0 Å². The summed E-state index contributed by atoms with van der Waals surface area (Å²) in [7, 11) is 0. The van der Waals surface area contributed by atoms with E-state index in [0.717, 1.165) is 31.0 Å². The van der Waals surface area contributed by atoms with Gasteiger partial charge in [0.25, 0.3) is 11.6 Å². The Bertz CT molecular complexity index is 928. The summed E-state index contributed by atoms with van der Waals surface area (Å²) in [5, 5.41) is 13.6. The number of nitrogens with zero attached hydrogens (tertiary/aromatic N) is 2. The first-order valence-electron chi connectivity index (χ1n) is 8.38. The van der Waals surface area contributed by atoms with E-state index in [1.54, 1.807) is 22.6 Å². The van der Waals surface area contributed by atoms with Crippen molar-refractivity contribution in [1.29, 1.82) is 0 Å².